The van der Waals surface area contributed by atoms with Crippen LogP contribution < -0.4 is 15.9 Å². The molecule has 48 heavy (non-hydrogen) atoms. The normalized spacial score (nSPS) is 22.3. The maximum absolute atomic E-state index is 13.1. The molecule has 3 saturated heterocycles. The Bertz CT molecular complexity index is 1760. The Hall–Kier alpha value is -4.27. The summed E-state index contributed by atoms with van der Waals surface area (Å²) in [6.45, 7) is 6.35. The van der Waals surface area contributed by atoms with Crippen molar-refractivity contribution in [1.29, 1.82) is 0 Å². The minimum atomic E-state index is -5.08. The van der Waals surface area contributed by atoms with Crippen molar-refractivity contribution in [3.05, 3.63) is 52.2 Å². The molecule has 1 atom stereocenters. The lowest BCUT2D eigenvalue weighted by molar-refractivity contribution is -0.192. The van der Waals surface area contributed by atoms with Gasteiger partial charge in [0, 0.05) is 44.5 Å². The van der Waals surface area contributed by atoms with Gasteiger partial charge in [0.05, 0.1) is 11.0 Å². The Morgan fingerprint density at radius 1 is 1.00 bits per heavy atom. The SMILES string of the molecule is Cc1ccnc(N2CCC3(CC2)CC(N2CCC(c4ccc5c(c4)n(C)c(=O)n5C4CCC(=O)NC4=O)CC2)C3)n1.O=C(O)C(F)(F)F. The van der Waals surface area contributed by atoms with Gasteiger partial charge in [-0.25, -0.2) is 19.6 Å². The van der Waals surface area contributed by atoms with Gasteiger partial charge in [0.25, 0.3) is 0 Å². The fraction of sp³-hybridized carbons (Fsp3) is 0.576. The molecule has 2 aromatic heterocycles. The van der Waals surface area contributed by atoms with Gasteiger partial charge in [-0.1, -0.05) is 6.07 Å². The first-order valence-corrected chi connectivity index (χ1v) is 16.4. The predicted octanol–water partition coefficient (Wildman–Crippen LogP) is 3.68. The van der Waals surface area contributed by atoms with Crippen molar-refractivity contribution in [3.8, 4) is 0 Å². The van der Waals surface area contributed by atoms with E-state index in [0.29, 0.717) is 23.8 Å². The molecule has 1 spiro atoms. The van der Waals surface area contributed by atoms with Gasteiger partial charge >= 0.3 is 17.8 Å². The molecule has 1 aliphatic carbocycles. The third-order valence-corrected chi connectivity index (χ3v) is 10.6. The summed E-state index contributed by atoms with van der Waals surface area (Å²) >= 11 is 0. The van der Waals surface area contributed by atoms with Crippen molar-refractivity contribution < 1.29 is 32.7 Å². The number of imide groups is 1. The van der Waals surface area contributed by atoms with E-state index in [0.717, 1.165) is 61.7 Å². The lowest BCUT2D eigenvalue weighted by atomic mass is 9.59. The van der Waals surface area contributed by atoms with Crippen molar-refractivity contribution in [2.75, 3.05) is 31.1 Å². The maximum atomic E-state index is 13.1. The van der Waals surface area contributed by atoms with Crippen LogP contribution in [0, 0.1) is 12.3 Å². The van der Waals surface area contributed by atoms with Gasteiger partial charge < -0.3 is 14.9 Å². The highest BCUT2D eigenvalue weighted by atomic mass is 19.4. The van der Waals surface area contributed by atoms with E-state index in [1.807, 2.05) is 25.3 Å². The van der Waals surface area contributed by atoms with Crippen LogP contribution in [0.5, 0.6) is 0 Å². The number of nitrogens with zero attached hydrogens (tertiary/aromatic N) is 6. The molecule has 2 N–H and O–H groups in total. The first-order chi connectivity index (χ1) is 22.7. The topological polar surface area (TPSA) is 143 Å². The summed E-state index contributed by atoms with van der Waals surface area (Å²) in [7, 11) is 1.77. The first kappa shape index (κ1) is 33.6. The van der Waals surface area contributed by atoms with Crippen molar-refractivity contribution in [2.45, 2.75) is 82.5 Å². The molecule has 15 heteroatoms. The van der Waals surface area contributed by atoms with Crippen LogP contribution in [0.25, 0.3) is 11.0 Å². The van der Waals surface area contributed by atoms with Crippen LogP contribution in [0.4, 0.5) is 19.1 Å². The smallest absolute Gasteiger partial charge is 0.475 e. The van der Waals surface area contributed by atoms with E-state index in [9.17, 15) is 27.6 Å². The lowest BCUT2D eigenvalue weighted by Crippen LogP contribution is -2.56. The van der Waals surface area contributed by atoms with Crippen molar-refractivity contribution in [2.24, 2.45) is 12.5 Å². The third-order valence-electron chi connectivity index (χ3n) is 10.6. The summed E-state index contributed by atoms with van der Waals surface area (Å²) < 4.78 is 34.9. The van der Waals surface area contributed by atoms with Crippen LogP contribution in [0.3, 0.4) is 0 Å². The zero-order valence-electron chi connectivity index (χ0n) is 27.0. The molecule has 0 bridgehead atoms. The summed E-state index contributed by atoms with van der Waals surface area (Å²) in [5, 5.41) is 9.51. The van der Waals surface area contributed by atoms with E-state index in [1.165, 1.54) is 31.2 Å². The molecule has 1 unspecified atom stereocenters. The Morgan fingerprint density at radius 3 is 2.27 bits per heavy atom. The number of carbonyl (C=O) groups is 3. The number of benzene rings is 1. The Balaban J connectivity index is 0.000000519. The van der Waals surface area contributed by atoms with Crippen molar-refractivity contribution >= 4 is 34.8 Å². The zero-order valence-corrected chi connectivity index (χ0v) is 27.0. The number of aryl methyl sites for hydroxylation is 2. The van der Waals surface area contributed by atoms with Crippen LogP contribution in [-0.2, 0) is 21.4 Å². The van der Waals surface area contributed by atoms with Gasteiger partial charge in [-0.05, 0) is 100 Å². The van der Waals surface area contributed by atoms with Gasteiger partial charge in [0.2, 0.25) is 17.8 Å². The predicted molar refractivity (Wildman–Crippen MR) is 170 cm³/mol. The molecule has 4 aliphatic rings. The van der Waals surface area contributed by atoms with E-state index in [2.05, 4.69) is 37.2 Å². The number of halogens is 3. The van der Waals surface area contributed by atoms with Crippen LogP contribution in [-0.4, -0.2) is 85.3 Å². The number of aliphatic carboxylic acids is 1. The van der Waals surface area contributed by atoms with Gasteiger partial charge in [-0.15, -0.1) is 0 Å². The van der Waals surface area contributed by atoms with E-state index in [4.69, 9.17) is 9.90 Å². The highest BCUT2D eigenvalue weighted by Crippen LogP contribution is 2.52. The molecule has 258 valence electrons. The van der Waals surface area contributed by atoms with E-state index >= 15 is 0 Å². The number of rotatable bonds is 4. The second-order valence-electron chi connectivity index (χ2n) is 13.6. The lowest BCUT2D eigenvalue weighted by Gasteiger charge is -2.56. The van der Waals surface area contributed by atoms with Crippen LogP contribution in [0.2, 0.25) is 0 Å². The number of hydrogen-bond acceptors (Lipinski definition) is 8. The number of carboxylic acid groups (broad SMARTS) is 1. The summed E-state index contributed by atoms with van der Waals surface area (Å²) in [5.41, 5.74) is 4.18. The maximum Gasteiger partial charge on any atom is 0.490 e. The molecule has 2 amide bonds. The van der Waals surface area contributed by atoms with E-state index in [-0.39, 0.29) is 18.0 Å². The van der Waals surface area contributed by atoms with Crippen LogP contribution in [0.15, 0.2) is 35.3 Å². The first-order valence-electron chi connectivity index (χ1n) is 16.4. The van der Waals surface area contributed by atoms with Gasteiger partial charge in [0.1, 0.15) is 6.04 Å². The monoisotopic (exact) mass is 671 g/mol. The number of likely N-dealkylation sites (tertiary alicyclic amines) is 1. The van der Waals surface area contributed by atoms with E-state index in [1.54, 1.807) is 16.2 Å². The molecular weight excluding hydrogens is 631 g/mol. The molecule has 5 heterocycles. The molecule has 12 nitrogen and oxygen atoms in total. The summed E-state index contributed by atoms with van der Waals surface area (Å²) in [4.78, 5) is 60.3. The molecular formula is C33H40F3N7O5. The number of piperidine rings is 3. The molecule has 7 rings (SSSR count). The fourth-order valence-corrected chi connectivity index (χ4v) is 7.84. The number of anilines is 1. The molecule has 1 aromatic carbocycles. The highest BCUT2D eigenvalue weighted by molar-refractivity contribution is 6.00. The largest absolute Gasteiger partial charge is 0.490 e. The quantitative estimate of drug-likeness (QED) is 0.398. The fourth-order valence-electron chi connectivity index (χ4n) is 7.84. The van der Waals surface area contributed by atoms with Crippen molar-refractivity contribution in [1.82, 2.24) is 29.3 Å². The number of nitrogens with one attached hydrogen (secondary N) is 1. The molecule has 3 aromatic rings. The van der Waals surface area contributed by atoms with Crippen molar-refractivity contribution in [3.63, 3.8) is 0 Å². The van der Waals surface area contributed by atoms with Crippen LogP contribution in [0.1, 0.15) is 74.6 Å². The molecule has 3 aliphatic heterocycles. The van der Waals surface area contributed by atoms with Crippen LogP contribution >= 0.6 is 0 Å². The average molecular weight is 672 g/mol. The molecule has 1 saturated carbocycles. The minimum absolute atomic E-state index is 0.211. The zero-order chi connectivity index (χ0) is 34.4. The number of carboxylic acids is 1. The summed E-state index contributed by atoms with van der Waals surface area (Å²) in [6, 6.07) is 8.27. The average Bonchev–Trinajstić information content (AvgIpc) is 3.28. The number of fused-ring (bicyclic) bond motifs is 1. The molecule has 4 fully saturated rings. The van der Waals surface area contributed by atoms with Gasteiger partial charge in [-0.2, -0.15) is 13.2 Å². The van der Waals surface area contributed by atoms with Gasteiger partial charge in [-0.3, -0.25) is 24.0 Å². The second kappa shape index (κ2) is 13.0. The standard InChI is InChI=1S/C31H39N7O3.C2HF3O2/c1-20-7-12-32-29(33-20)37-15-10-31(11-16-37)18-23(19-31)36-13-8-21(9-14-36)22-3-4-24-26(17-22)35(2)30(41)38(24)25-5-6-27(39)34-28(25)40;3-2(4,5)1(6)7/h3-4,7,12,17,21,23,25H,5-6,8-11,13-16,18-19H2,1-2H3,(H,34,39,40);(H,6,7). The minimum Gasteiger partial charge on any atom is -0.475 e. The second-order valence-corrected chi connectivity index (χ2v) is 13.6. The summed E-state index contributed by atoms with van der Waals surface area (Å²) in [5.74, 6) is -2.08. The Labute approximate surface area is 274 Å². The number of amides is 2. The van der Waals surface area contributed by atoms with E-state index < -0.39 is 24.1 Å². The number of hydrogen-bond donors (Lipinski definition) is 2. The number of alkyl halides is 3. The number of aromatic nitrogens is 4. The Kier molecular flexibility index (Phi) is 9.09. The van der Waals surface area contributed by atoms with Gasteiger partial charge in [0.15, 0.2) is 0 Å². The Morgan fingerprint density at radius 2 is 1.67 bits per heavy atom. The highest BCUT2D eigenvalue weighted by Gasteiger charge is 2.48. The third kappa shape index (κ3) is 6.69. The molecule has 0 radical (unpaired) electrons. The number of imidazole rings is 1. The number of carbonyl (C=O) groups excluding carboxylic acids is 2. The summed E-state index contributed by atoms with van der Waals surface area (Å²) in [6.07, 6.45) is 4.70.